The van der Waals surface area contributed by atoms with Crippen molar-refractivity contribution in [2.45, 2.75) is 56.8 Å². The van der Waals surface area contributed by atoms with Gasteiger partial charge in [-0.15, -0.1) is 10.2 Å². The van der Waals surface area contributed by atoms with Gasteiger partial charge in [0.25, 0.3) is 0 Å². The summed E-state index contributed by atoms with van der Waals surface area (Å²) in [6, 6.07) is 9.50. The van der Waals surface area contributed by atoms with Gasteiger partial charge in [0.2, 0.25) is 11.8 Å². The van der Waals surface area contributed by atoms with Gasteiger partial charge in [-0.05, 0) is 24.3 Å². The van der Waals surface area contributed by atoms with E-state index in [1.807, 2.05) is 32.0 Å². The maximum atomic E-state index is 12.4. The van der Waals surface area contributed by atoms with Crippen LogP contribution in [0.15, 0.2) is 35.5 Å². The van der Waals surface area contributed by atoms with Gasteiger partial charge in [-0.2, -0.15) is 0 Å². The Balaban J connectivity index is 1.67. The maximum Gasteiger partial charge on any atom is 0.240 e. The third-order valence-corrected chi connectivity index (χ3v) is 6.01. The molecule has 1 fully saturated rings. The van der Waals surface area contributed by atoms with E-state index < -0.39 is 11.9 Å². The average molecular weight is 402 g/mol. The summed E-state index contributed by atoms with van der Waals surface area (Å²) in [6.07, 6.45) is 3.03. The molecule has 150 valence electrons. The van der Waals surface area contributed by atoms with Crippen molar-refractivity contribution in [3.05, 3.63) is 41.7 Å². The lowest BCUT2D eigenvalue weighted by Gasteiger charge is -2.21. The van der Waals surface area contributed by atoms with Crippen LogP contribution < -0.4 is 11.1 Å². The number of amides is 2. The molecule has 0 saturated heterocycles. The minimum Gasteiger partial charge on any atom is -0.368 e. The molecular weight excluding hydrogens is 374 g/mol. The van der Waals surface area contributed by atoms with Crippen molar-refractivity contribution in [1.29, 1.82) is 0 Å². The fourth-order valence-corrected chi connectivity index (χ4v) is 3.80. The topological polar surface area (TPSA) is 103 Å². The van der Waals surface area contributed by atoms with Crippen molar-refractivity contribution in [2.75, 3.05) is 5.75 Å². The standard InChI is InChI=1S/C20H27N5O2S/c1-3-13(2)17(18(21)27)22-16(26)12-28-20-24-23-19(15-9-10-15)25(20)11-14-7-5-4-6-8-14/h4-8,13,15,17H,3,9-12H2,1-2H3,(H2,21,27)(H,22,26). The van der Waals surface area contributed by atoms with Gasteiger partial charge in [0.1, 0.15) is 11.9 Å². The predicted molar refractivity (Wildman–Crippen MR) is 109 cm³/mol. The van der Waals surface area contributed by atoms with Crippen LogP contribution in [0.4, 0.5) is 0 Å². The first kappa shape index (κ1) is 20.4. The lowest BCUT2D eigenvalue weighted by Crippen LogP contribution is -2.48. The number of carbonyl (C=O) groups excluding carboxylic acids is 2. The maximum absolute atomic E-state index is 12.4. The largest absolute Gasteiger partial charge is 0.368 e. The van der Waals surface area contributed by atoms with Crippen LogP contribution in [0.5, 0.6) is 0 Å². The fraction of sp³-hybridized carbons (Fsp3) is 0.500. The molecule has 3 N–H and O–H groups in total. The Bertz CT molecular complexity index is 819. The zero-order chi connectivity index (χ0) is 20.1. The van der Waals surface area contributed by atoms with Crippen LogP contribution in [0.2, 0.25) is 0 Å². The Morgan fingerprint density at radius 2 is 2.00 bits per heavy atom. The highest BCUT2D eigenvalue weighted by Gasteiger charge is 2.31. The van der Waals surface area contributed by atoms with Gasteiger partial charge < -0.3 is 15.6 Å². The predicted octanol–water partition coefficient (Wildman–Crippen LogP) is 2.31. The molecule has 0 aliphatic heterocycles. The zero-order valence-electron chi connectivity index (χ0n) is 16.3. The number of hydrogen-bond donors (Lipinski definition) is 2. The minimum absolute atomic E-state index is 0.00495. The summed E-state index contributed by atoms with van der Waals surface area (Å²) in [5, 5.41) is 12.2. The van der Waals surface area contributed by atoms with Crippen LogP contribution in [0.1, 0.15) is 50.4 Å². The number of hydrogen-bond acceptors (Lipinski definition) is 5. The van der Waals surface area contributed by atoms with E-state index in [1.165, 1.54) is 17.3 Å². The molecule has 1 aliphatic carbocycles. The van der Waals surface area contributed by atoms with Gasteiger partial charge in [-0.3, -0.25) is 9.59 Å². The van der Waals surface area contributed by atoms with E-state index in [0.29, 0.717) is 12.5 Å². The van der Waals surface area contributed by atoms with E-state index in [9.17, 15) is 9.59 Å². The number of nitrogens with zero attached hydrogens (tertiary/aromatic N) is 3. The molecule has 1 aromatic heterocycles. The summed E-state index contributed by atoms with van der Waals surface area (Å²) in [4.78, 5) is 24.0. The van der Waals surface area contributed by atoms with Gasteiger partial charge in [0.05, 0.1) is 12.3 Å². The Hall–Kier alpha value is -2.35. The van der Waals surface area contributed by atoms with Gasteiger partial charge in [-0.1, -0.05) is 62.4 Å². The summed E-state index contributed by atoms with van der Waals surface area (Å²) in [5.41, 5.74) is 6.60. The van der Waals surface area contributed by atoms with Crippen LogP contribution in [-0.2, 0) is 16.1 Å². The Kier molecular flexibility index (Phi) is 6.72. The molecular formula is C20H27N5O2S. The number of rotatable bonds is 10. The van der Waals surface area contributed by atoms with Crippen LogP contribution in [0.3, 0.4) is 0 Å². The quantitative estimate of drug-likeness (QED) is 0.595. The smallest absolute Gasteiger partial charge is 0.240 e. The molecule has 2 amide bonds. The Morgan fingerprint density at radius 3 is 2.61 bits per heavy atom. The van der Waals surface area contributed by atoms with Gasteiger partial charge in [0, 0.05) is 5.92 Å². The second kappa shape index (κ2) is 9.23. The van der Waals surface area contributed by atoms with Crippen molar-refractivity contribution < 1.29 is 9.59 Å². The third kappa shape index (κ3) is 5.13. The normalized spacial score (nSPS) is 15.8. The van der Waals surface area contributed by atoms with Crippen LogP contribution in [-0.4, -0.2) is 38.4 Å². The number of aromatic nitrogens is 3. The molecule has 2 atom stereocenters. The molecule has 1 saturated carbocycles. The van der Waals surface area contributed by atoms with E-state index in [2.05, 4.69) is 32.2 Å². The number of thioether (sulfide) groups is 1. The molecule has 1 aromatic carbocycles. The van der Waals surface area contributed by atoms with Gasteiger partial charge in [0.15, 0.2) is 5.16 Å². The summed E-state index contributed by atoms with van der Waals surface area (Å²) in [5.74, 6) is 0.880. The van der Waals surface area contributed by atoms with Crippen molar-refractivity contribution >= 4 is 23.6 Å². The first-order valence-corrected chi connectivity index (χ1v) is 10.7. The summed E-state index contributed by atoms with van der Waals surface area (Å²) < 4.78 is 2.10. The zero-order valence-corrected chi connectivity index (χ0v) is 17.1. The first-order chi connectivity index (χ1) is 13.5. The monoisotopic (exact) mass is 401 g/mol. The number of carbonyl (C=O) groups is 2. The number of primary amides is 1. The molecule has 3 rings (SSSR count). The number of benzene rings is 1. The van der Waals surface area contributed by atoms with Crippen LogP contribution in [0.25, 0.3) is 0 Å². The molecule has 1 heterocycles. The number of nitrogens with two attached hydrogens (primary N) is 1. The second-order valence-corrected chi connectivity index (χ2v) is 8.25. The van der Waals surface area contributed by atoms with E-state index in [-0.39, 0.29) is 17.6 Å². The molecule has 28 heavy (non-hydrogen) atoms. The number of nitrogens with one attached hydrogen (secondary N) is 1. The molecule has 7 nitrogen and oxygen atoms in total. The summed E-state index contributed by atoms with van der Waals surface area (Å²) >= 11 is 1.34. The van der Waals surface area contributed by atoms with Crippen molar-refractivity contribution in [2.24, 2.45) is 11.7 Å². The van der Waals surface area contributed by atoms with Gasteiger partial charge in [-0.25, -0.2) is 0 Å². The lowest BCUT2D eigenvalue weighted by atomic mass is 9.99. The minimum atomic E-state index is -0.651. The third-order valence-electron chi connectivity index (χ3n) is 5.04. The van der Waals surface area contributed by atoms with E-state index >= 15 is 0 Å². The Labute approximate surface area is 169 Å². The highest BCUT2D eigenvalue weighted by molar-refractivity contribution is 7.99. The molecule has 2 unspecified atom stereocenters. The summed E-state index contributed by atoms with van der Waals surface area (Å²) in [6.45, 7) is 4.55. The van der Waals surface area contributed by atoms with Crippen LogP contribution in [0, 0.1) is 5.92 Å². The molecule has 0 radical (unpaired) electrons. The molecule has 2 aromatic rings. The summed E-state index contributed by atoms with van der Waals surface area (Å²) in [7, 11) is 0. The fourth-order valence-electron chi connectivity index (χ4n) is 3.04. The second-order valence-electron chi connectivity index (χ2n) is 7.31. The first-order valence-electron chi connectivity index (χ1n) is 9.68. The SMILES string of the molecule is CCC(C)C(NC(=O)CSc1nnc(C2CC2)n1Cc1ccccc1)C(N)=O. The average Bonchev–Trinajstić information content (AvgIpc) is 3.46. The van der Waals surface area contributed by atoms with E-state index in [4.69, 9.17) is 5.73 Å². The van der Waals surface area contributed by atoms with Crippen LogP contribution >= 0.6 is 11.8 Å². The van der Waals surface area contributed by atoms with Crippen molar-refractivity contribution in [1.82, 2.24) is 20.1 Å². The molecule has 8 heteroatoms. The lowest BCUT2D eigenvalue weighted by molar-refractivity contribution is -0.127. The highest BCUT2D eigenvalue weighted by atomic mass is 32.2. The van der Waals surface area contributed by atoms with E-state index in [0.717, 1.165) is 30.2 Å². The molecule has 1 aliphatic rings. The molecule has 0 spiro atoms. The Morgan fingerprint density at radius 1 is 1.29 bits per heavy atom. The highest BCUT2D eigenvalue weighted by Crippen LogP contribution is 2.40. The van der Waals surface area contributed by atoms with E-state index in [1.54, 1.807) is 0 Å². The van der Waals surface area contributed by atoms with Gasteiger partial charge >= 0.3 is 0 Å². The van der Waals surface area contributed by atoms with Crippen molar-refractivity contribution in [3.63, 3.8) is 0 Å². The van der Waals surface area contributed by atoms with Crippen molar-refractivity contribution in [3.8, 4) is 0 Å². The molecule has 0 bridgehead atoms.